The van der Waals surface area contributed by atoms with Gasteiger partial charge in [-0.15, -0.1) is 0 Å². The Bertz CT molecular complexity index is 1550. The van der Waals surface area contributed by atoms with Crippen LogP contribution >= 0.6 is 23.2 Å². The Balaban J connectivity index is 1.65. The first-order chi connectivity index (χ1) is 18.9. The Morgan fingerprint density at radius 2 is 1.79 bits per heavy atom. The standard InChI is InChI=1S/C30H26Cl2N4O3/c1-19(21-6-4-3-5-7-21)33-30(38)28-25-17-35(18-37)16-22(14-20-8-11-24(39-2)12-9-20)29(25)36(34-28)27-13-10-23(31)15-26(27)32/h3-15,18-19H,16-17H2,1-2H3,(H,33,38)/b22-14+/t19-/m1/s1. The number of halogens is 2. The number of benzene rings is 3. The summed E-state index contributed by atoms with van der Waals surface area (Å²) in [4.78, 5) is 27.2. The predicted octanol–water partition coefficient (Wildman–Crippen LogP) is 6.19. The molecule has 9 heteroatoms. The van der Waals surface area contributed by atoms with Gasteiger partial charge in [-0.25, -0.2) is 4.68 Å². The number of nitrogens with one attached hydrogen (secondary N) is 1. The minimum Gasteiger partial charge on any atom is -0.497 e. The van der Waals surface area contributed by atoms with Gasteiger partial charge in [0.25, 0.3) is 5.91 Å². The van der Waals surface area contributed by atoms with E-state index in [1.807, 2.05) is 67.6 Å². The van der Waals surface area contributed by atoms with Crippen LogP contribution in [0.4, 0.5) is 0 Å². The van der Waals surface area contributed by atoms with Crippen LogP contribution in [0, 0.1) is 0 Å². The van der Waals surface area contributed by atoms with Crippen molar-refractivity contribution in [1.82, 2.24) is 20.0 Å². The molecule has 1 atom stereocenters. The molecule has 0 fully saturated rings. The Hall–Kier alpha value is -4.07. The number of nitrogens with zero attached hydrogens (tertiary/aromatic N) is 3. The van der Waals surface area contributed by atoms with Gasteiger partial charge in [-0.2, -0.15) is 5.10 Å². The van der Waals surface area contributed by atoms with Crippen molar-refractivity contribution in [3.05, 3.63) is 111 Å². The molecule has 0 saturated carbocycles. The lowest BCUT2D eigenvalue weighted by atomic mass is 9.97. The number of carbonyl (C=O) groups excluding carboxylic acids is 2. The molecule has 2 heterocycles. The van der Waals surface area contributed by atoms with E-state index in [0.29, 0.717) is 33.5 Å². The summed E-state index contributed by atoms with van der Waals surface area (Å²) in [7, 11) is 1.61. The SMILES string of the molecule is COc1ccc(/C=C2\CN(C=O)Cc3c(C(=O)N[C@H](C)c4ccccc4)nn(-c4ccc(Cl)cc4Cl)c32)cc1. The monoisotopic (exact) mass is 560 g/mol. The zero-order valence-corrected chi connectivity index (χ0v) is 22.9. The number of hydrogen-bond donors (Lipinski definition) is 1. The lowest BCUT2D eigenvalue weighted by Crippen LogP contribution is -2.32. The van der Waals surface area contributed by atoms with Crippen LogP contribution in [0.1, 0.15) is 45.8 Å². The number of fused-ring (bicyclic) bond motifs is 1. The van der Waals surface area contributed by atoms with Gasteiger partial charge in [0.1, 0.15) is 5.75 Å². The molecule has 5 rings (SSSR count). The highest BCUT2D eigenvalue weighted by molar-refractivity contribution is 6.35. The van der Waals surface area contributed by atoms with Gasteiger partial charge in [0, 0.05) is 17.1 Å². The number of methoxy groups -OCH3 is 1. The molecule has 0 spiro atoms. The normalized spacial score (nSPS) is 14.6. The van der Waals surface area contributed by atoms with Gasteiger partial charge < -0.3 is 15.0 Å². The maximum absolute atomic E-state index is 13.6. The molecule has 1 N–H and O–H groups in total. The Morgan fingerprint density at radius 1 is 1.05 bits per heavy atom. The second kappa shape index (κ2) is 11.4. The predicted molar refractivity (Wildman–Crippen MR) is 153 cm³/mol. The third-order valence-corrected chi connectivity index (χ3v) is 7.17. The molecule has 0 aliphatic carbocycles. The Kier molecular flexibility index (Phi) is 7.72. The van der Waals surface area contributed by atoms with E-state index in [-0.39, 0.29) is 24.2 Å². The van der Waals surface area contributed by atoms with Gasteiger partial charge in [0.2, 0.25) is 6.41 Å². The molecule has 1 aliphatic rings. The fraction of sp³-hybridized carbons (Fsp3) is 0.167. The highest BCUT2D eigenvalue weighted by Crippen LogP contribution is 2.35. The zero-order chi connectivity index (χ0) is 27.5. The van der Waals surface area contributed by atoms with Crippen molar-refractivity contribution >= 4 is 47.2 Å². The van der Waals surface area contributed by atoms with Crippen LogP contribution in [0.25, 0.3) is 17.3 Å². The van der Waals surface area contributed by atoms with Gasteiger partial charge in [-0.1, -0.05) is 65.7 Å². The first kappa shape index (κ1) is 26.5. The fourth-order valence-electron chi connectivity index (χ4n) is 4.67. The second-order valence-corrected chi connectivity index (χ2v) is 10.1. The summed E-state index contributed by atoms with van der Waals surface area (Å²) in [6.07, 6.45) is 2.76. The molecule has 0 saturated heterocycles. The molecule has 7 nitrogen and oxygen atoms in total. The summed E-state index contributed by atoms with van der Waals surface area (Å²) in [6, 6.07) is 22.2. The van der Waals surface area contributed by atoms with Crippen LogP contribution in [-0.4, -0.2) is 40.7 Å². The van der Waals surface area contributed by atoms with E-state index in [1.165, 1.54) is 0 Å². The van der Waals surface area contributed by atoms with E-state index in [4.69, 9.17) is 33.0 Å². The van der Waals surface area contributed by atoms with E-state index < -0.39 is 0 Å². The first-order valence-corrected chi connectivity index (χ1v) is 13.1. The number of rotatable bonds is 7. The highest BCUT2D eigenvalue weighted by atomic mass is 35.5. The van der Waals surface area contributed by atoms with Crippen LogP contribution < -0.4 is 10.1 Å². The summed E-state index contributed by atoms with van der Waals surface area (Å²) in [6.45, 7) is 2.48. The second-order valence-electron chi connectivity index (χ2n) is 9.24. The van der Waals surface area contributed by atoms with E-state index in [2.05, 4.69) is 5.32 Å². The Morgan fingerprint density at radius 3 is 2.46 bits per heavy atom. The summed E-state index contributed by atoms with van der Waals surface area (Å²) >= 11 is 12.8. The lowest BCUT2D eigenvalue weighted by molar-refractivity contribution is -0.118. The number of aromatic nitrogens is 2. The average molecular weight is 561 g/mol. The summed E-state index contributed by atoms with van der Waals surface area (Å²) in [5, 5.41) is 8.69. The van der Waals surface area contributed by atoms with Gasteiger partial charge in [0.15, 0.2) is 5.69 Å². The summed E-state index contributed by atoms with van der Waals surface area (Å²) in [5.41, 5.74) is 4.83. The third-order valence-electron chi connectivity index (χ3n) is 6.63. The number of ether oxygens (including phenoxy) is 1. The minimum atomic E-state index is -0.344. The topological polar surface area (TPSA) is 76.5 Å². The van der Waals surface area contributed by atoms with Crippen molar-refractivity contribution in [2.75, 3.05) is 13.7 Å². The summed E-state index contributed by atoms with van der Waals surface area (Å²) < 4.78 is 6.96. The van der Waals surface area contributed by atoms with Crippen LogP contribution in [-0.2, 0) is 11.3 Å². The lowest BCUT2D eigenvalue weighted by Gasteiger charge is -2.27. The largest absolute Gasteiger partial charge is 0.497 e. The molecule has 39 heavy (non-hydrogen) atoms. The van der Waals surface area contributed by atoms with Crippen LogP contribution in [0.3, 0.4) is 0 Å². The first-order valence-electron chi connectivity index (χ1n) is 12.4. The van der Waals surface area contributed by atoms with Crippen LogP contribution in [0.15, 0.2) is 72.8 Å². The van der Waals surface area contributed by atoms with E-state index in [9.17, 15) is 9.59 Å². The molecule has 0 bridgehead atoms. The van der Waals surface area contributed by atoms with Crippen molar-refractivity contribution in [3.63, 3.8) is 0 Å². The highest BCUT2D eigenvalue weighted by Gasteiger charge is 2.32. The molecule has 0 unspecified atom stereocenters. The van der Waals surface area contributed by atoms with Gasteiger partial charge in [-0.3, -0.25) is 9.59 Å². The van der Waals surface area contributed by atoms with E-state index in [0.717, 1.165) is 28.9 Å². The number of carbonyl (C=O) groups is 2. The third kappa shape index (κ3) is 5.55. The van der Waals surface area contributed by atoms with Crippen molar-refractivity contribution in [2.45, 2.75) is 19.5 Å². The zero-order valence-electron chi connectivity index (χ0n) is 21.4. The van der Waals surface area contributed by atoms with Crippen molar-refractivity contribution in [1.29, 1.82) is 0 Å². The van der Waals surface area contributed by atoms with Crippen molar-refractivity contribution in [3.8, 4) is 11.4 Å². The maximum Gasteiger partial charge on any atom is 0.272 e. The van der Waals surface area contributed by atoms with Crippen molar-refractivity contribution < 1.29 is 14.3 Å². The van der Waals surface area contributed by atoms with Gasteiger partial charge in [0.05, 0.1) is 36.1 Å². The summed E-state index contributed by atoms with van der Waals surface area (Å²) in [5.74, 6) is 0.392. The number of amides is 2. The molecular formula is C30H26Cl2N4O3. The van der Waals surface area contributed by atoms with Crippen LogP contribution in [0.5, 0.6) is 5.75 Å². The van der Waals surface area contributed by atoms with E-state index in [1.54, 1.807) is 34.9 Å². The minimum absolute atomic E-state index is 0.228. The van der Waals surface area contributed by atoms with Gasteiger partial charge in [-0.05, 0) is 60.0 Å². The van der Waals surface area contributed by atoms with Crippen molar-refractivity contribution in [2.24, 2.45) is 0 Å². The molecular weight excluding hydrogens is 535 g/mol. The molecule has 0 radical (unpaired) electrons. The quantitative estimate of drug-likeness (QED) is 0.273. The maximum atomic E-state index is 13.6. The number of hydrogen-bond acceptors (Lipinski definition) is 4. The molecule has 4 aromatic rings. The van der Waals surface area contributed by atoms with Crippen LogP contribution in [0.2, 0.25) is 10.0 Å². The molecule has 1 aliphatic heterocycles. The molecule has 3 aromatic carbocycles. The average Bonchev–Trinajstić information content (AvgIpc) is 3.33. The van der Waals surface area contributed by atoms with Gasteiger partial charge >= 0.3 is 0 Å². The fourth-order valence-corrected chi connectivity index (χ4v) is 5.16. The molecule has 2 amide bonds. The smallest absolute Gasteiger partial charge is 0.272 e. The molecule has 1 aromatic heterocycles. The molecule has 198 valence electrons. The van der Waals surface area contributed by atoms with E-state index >= 15 is 0 Å². The Labute approximate surface area is 236 Å².